The lowest BCUT2D eigenvalue weighted by atomic mass is 10.2. The highest BCUT2D eigenvalue weighted by Crippen LogP contribution is 2.25. The SMILES string of the molecule is CC(C)NC(=O)CNC(=O)c1ccc2c(c1)nc(N1CCC(O)C1)n2C. The first kappa shape index (κ1) is 18.2. The Morgan fingerprint density at radius 1 is 1.38 bits per heavy atom. The van der Waals surface area contributed by atoms with Crippen LogP contribution in [0.2, 0.25) is 0 Å². The number of carbonyl (C=O) groups is 2. The Labute approximate surface area is 152 Å². The summed E-state index contributed by atoms with van der Waals surface area (Å²) in [5.74, 6) is 0.252. The minimum absolute atomic E-state index is 0.0341. The van der Waals surface area contributed by atoms with E-state index in [2.05, 4.69) is 15.6 Å². The number of nitrogens with zero attached hydrogens (tertiary/aromatic N) is 3. The van der Waals surface area contributed by atoms with Gasteiger partial charge < -0.3 is 25.2 Å². The van der Waals surface area contributed by atoms with E-state index in [1.807, 2.05) is 36.4 Å². The molecule has 3 N–H and O–H groups in total. The summed E-state index contributed by atoms with van der Waals surface area (Å²) in [6, 6.07) is 5.33. The van der Waals surface area contributed by atoms with Crippen LogP contribution in [0, 0.1) is 0 Å². The number of aliphatic hydroxyl groups excluding tert-OH is 1. The van der Waals surface area contributed by atoms with Crippen LogP contribution in [0.5, 0.6) is 0 Å². The zero-order valence-corrected chi connectivity index (χ0v) is 15.3. The van der Waals surface area contributed by atoms with Gasteiger partial charge in [0.2, 0.25) is 11.9 Å². The molecule has 0 aliphatic carbocycles. The molecule has 8 heteroatoms. The smallest absolute Gasteiger partial charge is 0.251 e. The lowest BCUT2D eigenvalue weighted by Gasteiger charge is -2.16. The topological polar surface area (TPSA) is 99.5 Å². The molecule has 1 aromatic carbocycles. The molecule has 0 bridgehead atoms. The maximum atomic E-state index is 12.3. The molecule has 1 aliphatic rings. The van der Waals surface area contributed by atoms with Crippen LogP contribution in [0.25, 0.3) is 11.0 Å². The molecule has 2 aromatic rings. The van der Waals surface area contributed by atoms with Gasteiger partial charge in [0.05, 0.1) is 23.7 Å². The number of β-amino-alcohol motifs (C(OH)–C–C–N with tert-alkyl or cyclic N) is 1. The van der Waals surface area contributed by atoms with Gasteiger partial charge in [-0.1, -0.05) is 0 Å². The van der Waals surface area contributed by atoms with Crippen LogP contribution in [0.15, 0.2) is 18.2 Å². The quantitative estimate of drug-likeness (QED) is 0.718. The van der Waals surface area contributed by atoms with Crippen LogP contribution in [0.3, 0.4) is 0 Å². The molecule has 8 nitrogen and oxygen atoms in total. The van der Waals surface area contributed by atoms with Crippen molar-refractivity contribution in [3.05, 3.63) is 23.8 Å². The second-order valence-electron chi connectivity index (χ2n) is 6.97. The van der Waals surface area contributed by atoms with Crippen LogP contribution in [0.4, 0.5) is 5.95 Å². The number of carbonyl (C=O) groups excluding carboxylic acids is 2. The van der Waals surface area contributed by atoms with Crippen molar-refractivity contribution in [2.24, 2.45) is 7.05 Å². The van der Waals surface area contributed by atoms with Crippen molar-refractivity contribution in [2.45, 2.75) is 32.4 Å². The Morgan fingerprint density at radius 3 is 2.81 bits per heavy atom. The fraction of sp³-hybridized carbons (Fsp3) is 0.500. The molecule has 2 heterocycles. The largest absolute Gasteiger partial charge is 0.391 e. The number of nitrogens with one attached hydrogen (secondary N) is 2. The van der Waals surface area contributed by atoms with Gasteiger partial charge in [-0.3, -0.25) is 9.59 Å². The molecule has 1 unspecified atom stereocenters. The van der Waals surface area contributed by atoms with Crippen molar-refractivity contribution in [3.8, 4) is 0 Å². The van der Waals surface area contributed by atoms with E-state index in [0.717, 1.165) is 24.4 Å². The van der Waals surface area contributed by atoms with Crippen molar-refractivity contribution in [2.75, 3.05) is 24.5 Å². The van der Waals surface area contributed by atoms with Gasteiger partial charge >= 0.3 is 0 Å². The normalized spacial score (nSPS) is 17.1. The summed E-state index contributed by atoms with van der Waals surface area (Å²) >= 11 is 0. The van der Waals surface area contributed by atoms with Gasteiger partial charge in [0, 0.05) is 31.7 Å². The van der Waals surface area contributed by atoms with Crippen LogP contribution in [-0.2, 0) is 11.8 Å². The van der Waals surface area contributed by atoms with E-state index in [4.69, 9.17) is 0 Å². The van der Waals surface area contributed by atoms with Gasteiger partial charge in [-0.25, -0.2) is 4.98 Å². The average Bonchev–Trinajstić information content (AvgIpc) is 3.15. The third kappa shape index (κ3) is 3.80. The number of aryl methyl sites for hydroxylation is 1. The van der Waals surface area contributed by atoms with Gasteiger partial charge in [0.25, 0.3) is 5.91 Å². The van der Waals surface area contributed by atoms with Gasteiger partial charge in [0.15, 0.2) is 0 Å². The number of hydrogen-bond acceptors (Lipinski definition) is 5. The maximum Gasteiger partial charge on any atom is 0.251 e. The summed E-state index contributed by atoms with van der Waals surface area (Å²) in [6.07, 6.45) is 0.406. The predicted octanol–water partition coefficient (Wildman–Crippen LogP) is 0.399. The Balaban J connectivity index is 1.74. The van der Waals surface area contributed by atoms with E-state index in [1.54, 1.807) is 12.1 Å². The summed E-state index contributed by atoms with van der Waals surface area (Å²) in [4.78, 5) is 30.6. The van der Waals surface area contributed by atoms with Crippen LogP contribution in [0.1, 0.15) is 30.6 Å². The number of hydrogen-bond donors (Lipinski definition) is 3. The standard InChI is InChI=1S/C18H25N5O3/c1-11(2)20-16(25)9-19-17(26)12-4-5-15-14(8-12)21-18(22(15)3)23-7-6-13(24)10-23/h4-5,8,11,13,24H,6-7,9-10H2,1-3H3,(H,19,26)(H,20,25). The van der Waals surface area contributed by atoms with Crippen molar-refractivity contribution >= 4 is 28.8 Å². The highest BCUT2D eigenvalue weighted by Gasteiger charge is 2.24. The number of rotatable bonds is 5. The van der Waals surface area contributed by atoms with Gasteiger partial charge in [-0.05, 0) is 38.5 Å². The zero-order valence-electron chi connectivity index (χ0n) is 15.3. The fourth-order valence-electron chi connectivity index (χ4n) is 3.17. The minimum atomic E-state index is -0.326. The molecule has 1 aliphatic heterocycles. The number of amides is 2. The number of anilines is 1. The number of imidazole rings is 1. The van der Waals surface area contributed by atoms with Crippen LogP contribution < -0.4 is 15.5 Å². The van der Waals surface area contributed by atoms with E-state index < -0.39 is 0 Å². The Kier molecular flexibility index (Phi) is 5.13. The highest BCUT2D eigenvalue weighted by atomic mass is 16.3. The Morgan fingerprint density at radius 2 is 2.15 bits per heavy atom. The molecular weight excluding hydrogens is 334 g/mol. The van der Waals surface area contributed by atoms with Crippen LogP contribution in [-0.4, -0.2) is 58.3 Å². The first-order chi connectivity index (χ1) is 12.3. The molecule has 0 radical (unpaired) electrons. The third-order valence-corrected chi connectivity index (χ3v) is 4.42. The summed E-state index contributed by atoms with van der Waals surface area (Å²) in [5, 5.41) is 15.1. The van der Waals surface area contributed by atoms with Crippen molar-refractivity contribution in [3.63, 3.8) is 0 Å². The lowest BCUT2D eigenvalue weighted by Crippen LogP contribution is -2.39. The van der Waals surface area contributed by atoms with E-state index >= 15 is 0 Å². The zero-order chi connectivity index (χ0) is 18.8. The average molecular weight is 359 g/mol. The summed E-state index contributed by atoms with van der Waals surface area (Å²) < 4.78 is 1.96. The predicted molar refractivity (Wildman–Crippen MR) is 99.2 cm³/mol. The monoisotopic (exact) mass is 359 g/mol. The molecule has 26 heavy (non-hydrogen) atoms. The highest BCUT2D eigenvalue weighted by molar-refractivity contribution is 5.99. The first-order valence-corrected chi connectivity index (χ1v) is 8.82. The van der Waals surface area contributed by atoms with E-state index in [-0.39, 0.29) is 30.5 Å². The second kappa shape index (κ2) is 7.33. The van der Waals surface area contributed by atoms with E-state index in [1.165, 1.54) is 0 Å². The Bertz CT molecular complexity index is 830. The molecule has 1 saturated heterocycles. The molecule has 2 amide bonds. The molecule has 1 atom stereocenters. The minimum Gasteiger partial charge on any atom is -0.391 e. The van der Waals surface area contributed by atoms with Gasteiger partial charge in [0.1, 0.15) is 0 Å². The number of aromatic nitrogens is 2. The summed E-state index contributed by atoms with van der Waals surface area (Å²) in [6.45, 7) is 5.00. The number of fused-ring (bicyclic) bond motifs is 1. The molecule has 0 saturated carbocycles. The fourth-order valence-corrected chi connectivity index (χ4v) is 3.17. The van der Waals surface area contributed by atoms with Crippen molar-refractivity contribution < 1.29 is 14.7 Å². The maximum absolute atomic E-state index is 12.3. The van der Waals surface area contributed by atoms with E-state index in [9.17, 15) is 14.7 Å². The molecule has 140 valence electrons. The molecule has 0 spiro atoms. The second-order valence-corrected chi connectivity index (χ2v) is 6.97. The van der Waals surface area contributed by atoms with Gasteiger partial charge in [-0.15, -0.1) is 0 Å². The lowest BCUT2D eigenvalue weighted by molar-refractivity contribution is -0.120. The van der Waals surface area contributed by atoms with Gasteiger partial charge in [-0.2, -0.15) is 0 Å². The first-order valence-electron chi connectivity index (χ1n) is 8.82. The Hall–Kier alpha value is -2.61. The summed E-state index contributed by atoms with van der Waals surface area (Å²) in [5.41, 5.74) is 2.08. The summed E-state index contributed by atoms with van der Waals surface area (Å²) in [7, 11) is 1.92. The molecular formula is C18H25N5O3. The van der Waals surface area contributed by atoms with E-state index in [0.29, 0.717) is 17.6 Å². The molecule has 1 aromatic heterocycles. The molecule has 3 rings (SSSR count). The third-order valence-electron chi connectivity index (χ3n) is 4.42. The molecule has 1 fully saturated rings. The number of aliphatic hydroxyl groups is 1. The van der Waals surface area contributed by atoms with Crippen LogP contribution >= 0.6 is 0 Å². The van der Waals surface area contributed by atoms with Crippen molar-refractivity contribution in [1.29, 1.82) is 0 Å². The van der Waals surface area contributed by atoms with Crippen molar-refractivity contribution in [1.82, 2.24) is 20.2 Å². The number of benzene rings is 1.